The normalized spacial score (nSPS) is 10.8. The topological polar surface area (TPSA) is 64.4 Å². The lowest BCUT2D eigenvalue weighted by atomic mass is 10.1. The summed E-state index contributed by atoms with van der Waals surface area (Å²) in [5.74, 6) is 1.25. The molecule has 1 heterocycles. The van der Waals surface area contributed by atoms with Crippen LogP contribution in [0.15, 0.2) is 77.2 Å². The summed E-state index contributed by atoms with van der Waals surface area (Å²) in [4.78, 5) is 16.9. The lowest BCUT2D eigenvalue weighted by Gasteiger charge is -2.07. The van der Waals surface area contributed by atoms with Crippen LogP contribution in [0.2, 0.25) is 0 Å². The van der Waals surface area contributed by atoms with Gasteiger partial charge in [-0.2, -0.15) is 0 Å². The third kappa shape index (κ3) is 4.04. The van der Waals surface area contributed by atoms with Gasteiger partial charge in [0, 0.05) is 11.3 Å². The zero-order chi connectivity index (χ0) is 19.3. The number of ether oxygens (including phenoxy) is 1. The van der Waals surface area contributed by atoms with Gasteiger partial charge in [-0.3, -0.25) is 4.79 Å². The van der Waals surface area contributed by atoms with Crippen LogP contribution in [-0.2, 0) is 11.2 Å². The molecule has 0 radical (unpaired) electrons. The number of nitrogens with one attached hydrogen (secondary N) is 1. The van der Waals surface area contributed by atoms with Crippen LogP contribution in [0.1, 0.15) is 12.5 Å². The highest BCUT2D eigenvalue weighted by atomic mass is 16.5. The van der Waals surface area contributed by atoms with Gasteiger partial charge in [-0.05, 0) is 55.0 Å². The second-order valence-electron chi connectivity index (χ2n) is 6.37. The summed E-state index contributed by atoms with van der Waals surface area (Å²) in [5, 5.41) is 2.93. The van der Waals surface area contributed by atoms with E-state index >= 15 is 0 Å². The molecule has 4 rings (SSSR count). The van der Waals surface area contributed by atoms with Crippen molar-refractivity contribution in [3.05, 3.63) is 78.4 Å². The lowest BCUT2D eigenvalue weighted by molar-refractivity contribution is -0.115. The lowest BCUT2D eigenvalue weighted by Crippen LogP contribution is -2.14. The van der Waals surface area contributed by atoms with Crippen LogP contribution in [0.25, 0.3) is 22.6 Å². The van der Waals surface area contributed by atoms with Crippen LogP contribution in [-0.4, -0.2) is 17.5 Å². The fourth-order valence-corrected chi connectivity index (χ4v) is 2.99. The van der Waals surface area contributed by atoms with Crippen molar-refractivity contribution < 1.29 is 13.9 Å². The molecule has 0 atom stereocenters. The molecule has 0 spiro atoms. The molecule has 5 nitrogen and oxygen atoms in total. The van der Waals surface area contributed by atoms with Gasteiger partial charge >= 0.3 is 0 Å². The number of rotatable bonds is 6. The second-order valence-corrected chi connectivity index (χ2v) is 6.37. The zero-order valence-electron chi connectivity index (χ0n) is 15.5. The average molecular weight is 372 g/mol. The number of aromatic nitrogens is 1. The molecule has 1 N–H and O–H groups in total. The SMILES string of the molecule is CCOc1ccc(CC(=O)Nc2cccc(-c3nc4ccccc4o3)c2)cc1. The first-order valence-corrected chi connectivity index (χ1v) is 9.19. The number of hydrogen-bond acceptors (Lipinski definition) is 4. The number of carbonyl (C=O) groups excluding carboxylic acids is 1. The maximum atomic E-state index is 12.4. The second kappa shape index (κ2) is 7.96. The van der Waals surface area contributed by atoms with Crippen molar-refractivity contribution in [2.75, 3.05) is 11.9 Å². The first-order valence-electron chi connectivity index (χ1n) is 9.19. The van der Waals surface area contributed by atoms with E-state index in [9.17, 15) is 4.79 Å². The van der Waals surface area contributed by atoms with E-state index < -0.39 is 0 Å². The van der Waals surface area contributed by atoms with Gasteiger partial charge in [-0.1, -0.05) is 30.3 Å². The van der Waals surface area contributed by atoms with E-state index in [1.165, 1.54) is 0 Å². The molecular weight excluding hydrogens is 352 g/mol. The molecule has 0 saturated carbocycles. The summed E-state index contributed by atoms with van der Waals surface area (Å²) in [6.07, 6.45) is 0.291. The van der Waals surface area contributed by atoms with E-state index in [2.05, 4.69) is 10.3 Å². The average Bonchev–Trinajstić information content (AvgIpc) is 3.14. The molecule has 1 aromatic heterocycles. The molecule has 0 aliphatic carbocycles. The number of amides is 1. The number of para-hydroxylation sites is 2. The first kappa shape index (κ1) is 17.8. The Bertz CT molecular complexity index is 1070. The summed E-state index contributed by atoms with van der Waals surface area (Å²) in [7, 11) is 0. The maximum absolute atomic E-state index is 12.4. The van der Waals surface area contributed by atoms with E-state index in [0.717, 1.165) is 28.0 Å². The summed E-state index contributed by atoms with van der Waals surface area (Å²) in [6, 6.07) is 22.7. The van der Waals surface area contributed by atoms with Crippen molar-refractivity contribution in [2.45, 2.75) is 13.3 Å². The summed E-state index contributed by atoms with van der Waals surface area (Å²) >= 11 is 0. The van der Waals surface area contributed by atoms with Gasteiger partial charge in [-0.15, -0.1) is 0 Å². The van der Waals surface area contributed by atoms with Crippen molar-refractivity contribution in [2.24, 2.45) is 0 Å². The minimum atomic E-state index is -0.0844. The Hall–Kier alpha value is -3.60. The van der Waals surface area contributed by atoms with Crippen LogP contribution < -0.4 is 10.1 Å². The van der Waals surface area contributed by atoms with Crippen molar-refractivity contribution >= 4 is 22.7 Å². The molecule has 3 aromatic carbocycles. The van der Waals surface area contributed by atoms with Gasteiger partial charge in [-0.25, -0.2) is 4.98 Å². The molecule has 0 aliphatic heterocycles. The monoisotopic (exact) mass is 372 g/mol. The Kier molecular flexibility index (Phi) is 5.06. The van der Waals surface area contributed by atoms with E-state index in [0.29, 0.717) is 24.6 Å². The predicted molar refractivity (Wildman–Crippen MR) is 109 cm³/mol. The minimum Gasteiger partial charge on any atom is -0.494 e. The molecule has 4 aromatic rings. The number of carbonyl (C=O) groups is 1. The Balaban J connectivity index is 1.46. The molecule has 5 heteroatoms. The third-order valence-electron chi connectivity index (χ3n) is 4.29. The van der Waals surface area contributed by atoms with Gasteiger partial charge in [0.15, 0.2) is 5.58 Å². The van der Waals surface area contributed by atoms with Crippen LogP contribution >= 0.6 is 0 Å². The highest BCUT2D eigenvalue weighted by Gasteiger charge is 2.10. The van der Waals surface area contributed by atoms with Crippen molar-refractivity contribution in [3.63, 3.8) is 0 Å². The quantitative estimate of drug-likeness (QED) is 0.513. The summed E-state index contributed by atoms with van der Waals surface area (Å²) in [6.45, 7) is 2.56. The van der Waals surface area contributed by atoms with Gasteiger partial charge in [0.2, 0.25) is 11.8 Å². The molecule has 1 amide bonds. The van der Waals surface area contributed by atoms with Crippen LogP contribution in [0, 0.1) is 0 Å². The largest absolute Gasteiger partial charge is 0.494 e. The Labute approximate surface area is 163 Å². The van der Waals surface area contributed by atoms with Gasteiger partial charge in [0.1, 0.15) is 11.3 Å². The van der Waals surface area contributed by atoms with Crippen molar-refractivity contribution in [3.8, 4) is 17.2 Å². The molecule has 0 bridgehead atoms. The summed E-state index contributed by atoms with van der Waals surface area (Å²) < 4.78 is 11.2. The number of anilines is 1. The third-order valence-corrected chi connectivity index (χ3v) is 4.29. The highest BCUT2D eigenvalue weighted by molar-refractivity contribution is 5.93. The Morgan fingerprint density at radius 3 is 2.64 bits per heavy atom. The summed E-state index contributed by atoms with van der Waals surface area (Å²) in [5.41, 5.74) is 3.99. The standard InChI is InChI=1S/C23H20N2O3/c1-2-27-19-12-10-16(11-13-19)14-22(26)24-18-7-5-6-17(15-18)23-25-20-8-3-4-9-21(20)28-23/h3-13,15H,2,14H2,1H3,(H,24,26). The zero-order valence-corrected chi connectivity index (χ0v) is 15.5. The molecule has 140 valence electrons. The van der Waals surface area contributed by atoms with Crippen molar-refractivity contribution in [1.82, 2.24) is 4.98 Å². The fraction of sp³-hybridized carbons (Fsp3) is 0.130. The molecule has 28 heavy (non-hydrogen) atoms. The van der Waals surface area contributed by atoms with Crippen molar-refractivity contribution in [1.29, 1.82) is 0 Å². The molecule has 0 aliphatic rings. The number of nitrogens with zero attached hydrogens (tertiary/aromatic N) is 1. The van der Waals surface area contributed by atoms with E-state index in [-0.39, 0.29) is 5.91 Å². The Morgan fingerprint density at radius 2 is 1.86 bits per heavy atom. The molecule has 0 unspecified atom stereocenters. The number of oxazole rings is 1. The van der Waals surface area contributed by atoms with E-state index in [1.54, 1.807) is 0 Å². The minimum absolute atomic E-state index is 0.0844. The van der Waals surface area contributed by atoms with E-state index in [4.69, 9.17) is 9.15 Å². The number of hydrogen-bond donors (Lipinski definition) is 1. The van der Waals surface area contributed by atoms with E-state index in [1.807, 2.05) is 79.7 Å². The van der Waals surface area contributed by atoms with Crippen LogP contribution in [0.4, 0.5) is 5.69 Å². The number of benzene rings is 3. The van der Waals surface area contributed by atoms with Gasteiger partial charge in [0.25, 0.3) is 0 Å². The fourth-order valence-electron chi connectivity index (χ4n) is 2.99. The highest BCUT2D eigenvalue weighted by Crippen LogP contribution is 2.26. The molecule has 0 saturated heterocycles. The van der Waals surface area contributed by atoms with Crippen LogP contribution in [0.3, 0.4) is 0 Å². The van der Waals surface area contributed by atoms with Crippen LogP contribution in [0.5, 0.6) is 5.75 Å². The molecular formula is C23H20N2O3. The predicted octanol–water partition coefficient (Wildman–Crippen LogP) is 5.07. The maximum Gasteiger partial charge on any atom is 0.228 e. The smallest absolute Gasteiger partial charge is 0.228 e. The molecule has 0 fully saturated rings. The van der Waals surface area contributed by atoms with Gasteiger partial charge < -0.3 is 14.5 Å². The van der Waals surface area contributed by atoms with Gasteiger partial charge in [0.05, 0.1) is 13.0 Å². The number of fused-ring (bicyclic) bond motifs is 1. The first-order chi connectivity index (χ1) is 13.7. The Morgan fingerprint density at radius 1 is 1.04 bits per heavy atom.